The molecule has 1 amide bonds. The second-order valence-corrected chi connectivity index (χ2v) is 10.3. The van der Waals surface area contributed by atoms with Gasteiger partial charge in [0.25, 0.3) is 15.9 Å². The minimum Gasteiger partial charge on any atom is -0.476 e. The molecule has 4 rings (SSSR count). The predicted octanol–water partition coefficient (Wildman–Crippen LogP) is 4.62. The summed E-state index contributed by atoms with van der Waals surface area (Å²) in [5.41, 5.74) is 2.96. The van der Waals surface area contributed by atoms with Crippen LogP contribution in [0.15, 0.2) is 76.5 Å². The van der Waals surface area contributed by atoms with Gasteiger partial charge >= 0.3 is 0 Å². The van der Waals surface area contributed by atoms with Crippen molar-refractivity contribution in [3.05, 3.63) is 77.9 Å². The molecular formula is C24H24N2O4S2. The second-order valence-electron chi connectivity index (χ2n) is 7.62. The molecule has 1 atom stereocenters. The van der Waals surface area contributed by atoms with Crippen LogP contribution in [0.4, 0.5) is 11.4 Å². The van der Waals surface area contributed by atoms with Gasteiger partial charge in [-0.1, -0.05) is 35.9 Å². The van der Waals surface area contributed by atoms with Crippen LogP contribution in [-0.4, -0.2) is 33.2 Å². The SMILES string of the molecule is CSc1ccccc1NC(=O)[C@H]1CN(S(=O)(=O)c2ccc(C)cc2)c2ccc(C)cc2O1. The molecule has 0 aliphatic carbocycles. The summed E-state index contributed by atoms with van der Waals surface area (Å²) >= 11 is 1.52. The molecule has 1 aliphatic rings. The Balaban J connectivity index is 1.70. The van der Waals surface area contributed by atoms with Crippen LogP contribution in [0, 0.1) is 13.8 Å². The number of benzene rings is 3. The van der Waals surface area contributed by atoms with Crippen molar-refractivity contribution in [1.82, 2.24) is 0 Å². The maximum atomic E-state index is 13.5. The number of aryl methyl sites for hydroxylation is 2. The third kappa shape index (κ3) is 4.33. The van der Waals surface area contributed by atoms with Crippen molar-refractivity contribution in [2.75, 3.05) is 22.4 Å². The van der Waals surface area contributed by atoms with E-state index in [9.17, 15) is 13.2 Å². The van der Waals surface area contributed by atoms with E-state index in [1.54, 1.807) is 36.4 Å². The minimum atomic E-state index is -3.89. The average Bonchev–Trinajstić information content (AvgIpc) is 2.78. The molecule has 0 saturated carbocycles. The lowest BCUT2D eigenvalue weighted by molar-refractivity contribution is -0.122. The van der Waals surface area contributed by atoms with Crippen LogP contribution in [0.1, 0.15) is 11.1 Å². The molecule has 166 valence electrons. The van der Waals surface area contributed by atoms with Gasteiger partial charge in [0, 0.05) is 4.90 Å². The Morgan fingerprint density at radius 2 is 1.72 bits per heavy atom. The summed E-state index contributed by atoms with van der Waals surface area (Å²) < 4.78 is 34.3. The highest BCUT2D eigenvalue weighted by Gasteiger charge is 2.37. The molecule has 8 heteroatoms. The van der Waals surface area contributed by atoms with Crippen LogP contribution >= 0.6 is 11.8 Å². The number of ether oxygens (including phenoxy) is 1. The number of amides is 1. The van der Waals surface area contributed by atoms with Crippen LogP contribution in [0.5, 0.6) is 5.75 Å². The first-order chi connectivity index (χ1) is 15.3. The molecule has 0 fully saturated rings. The van der Waals surface area contributed by atoms with Crippen molar-refractivity contribution in [2.24, 2.45) is 0 Å². The zero-order valence-electron chi connectivity index (χ0n) is 18.0. The van der Waals surface area contributed by atoms with Crippen molar-refractivity contribution < 1.29 is 17.9 Å². The van der Waals surface area contributed by atoms with E-state index >= 15 is 0 Å². The van der Waals surface area contributed by atoms with Gasteiger partial charge in [-0.2, -0.15) is 0 Å². The molecule has 1 aliphatic heterocycles. The number of carbonyl (C=O) groups is 1. The van der Waals surface area contributed by atoms with E-state index in [1.165, 1.54) is 16.1 Å². The zero-order valence-corrected chi connectivity index (χ0v) is 19.7. The number of nitrogens with one attached hydrogen (secondary N) is 1. The topological polar surface area (TPSA) is 75.7 Å². The van der Waals surface area contributed by atoms with Crippen LogP contribution < -0.4 is 14.4 Å². The number of thioether (sulfide) groups is 1. The fourth-order valence-corrected chi connectivity index (χ4v) is 5.55. The molecule has 0 aromatic heterocycles. The summed E-state index contributed by atoms with van der Waals surface area (Å²) in [7, 11) is -3.89. The van der Waals surface area contributed by atoms with Gasteiger partial charge in [-0.05, 0) is 62.1 Å². The number of anilines is 2. The number of rotatable bonds is 5. The van der Waals surface area contributed by atoms with Crippen molar-refractivity contribution >= 4 is 39.1 Å². The van der Waals surface area contributed by atoms with Gasteiger partial charge in [0.15, 0.2) is 6.10 Å². The van der Waals surface area contributed by atoms with E-state index in [4.69, 9.17) is 4.74 Å². The van der Waals surface area contributed by atoms with E-state index in [0.717, 1.165) is 16.0 Å². The quantitative estimate of drug-likeness (QED) is 0.553. The zero-order chi connectivity index (χ0) is 22.9. The molecular weight excluding hydrogens is 444 g/mol. The van der Waals surface area contributed by atoms with Gasteiger partial charge in [-0.25, -0.2) is 8.42 Å². The van der Waals surface area contributed by atoms with Crippen LogP contribution in [0.25, 0.3) is 0 Å². The number of nitrogens with zero attached hydrogens (tertiary/aromatic N) is 1. The lowest BCUT2D eigenvalue weighted by Gasteiger charge is -2.35. The summed E-state index contributed by atoms with van der Waals surface area (Å²) in [6, 6.07) is 19.4. The molecule has 0 spiro atoms. The molecule has 0 unspecified atom stereocenters. The van der Waals surface area contributed by atoms with Gasteiger partial charge < -0.3 is 10.1 Å². The maximum absolute atomic E-state index is 13.5. The Bertz CT molecular complexity index is 1260. The number of hydrogen-bond donors (Lipinski definition) is 1. The van der Waals surface area contributed by atoms with Crippen LogP contribution in [-0.2, 0) is 14.8 Å². The smallest absolute Gasteiger partial charge is 0.267 e. The Morgan fingerprint density at radius 3 is 2.44 bits per heavy atom. The summed E-state index contributed by atoms with van der Waals surface area (Å²) in [6.45, 7) is 3.66. The van der Waals surface area contributed by atoms with Gasteiger partial charge in [0.05, 0.1) is 22.8 Å². The highest BCUT2D eigenvalue weighted by molar-refractivity contribution is 7.98. The highest BCUT2D eigenvalue weighted by atomic mass is 32.2. The molecule has 1 N–H and O–H groups in total. The van der Waals surface area contributed by atoms with E-state index in [-0.39, 0.29) is 11.4 Å². The Labute approximate surface area is 192 Å². The lowest BCUT2D eigenvalue weighted by atomic mass is 10.1. The molecule has 3 aromatic rings. The minimum absolute atomic E-state index is 0.125. The maximum Gasteiger partial charge on any atom is 0.267 e. The summed E-state index contributed by atoms with van der Waals surface area (Å²) in [5.74, 6) is -0.0343. The molecule has 32 heavy (non-hydrogen) atoms. The standard InChI is InChI=1S/C24H24N2O4S2/c1-16-8-11-18(12-9-16)32(28,29)26-15-22(30-21-14-17(2)10-13-20(21)26)24(27)25-19-6-4-5-7-23(19)31-3/h4-14,22H,15H2,1-3H3,(H,25,27)/t22-/m1/s1. The van der Waals surface area contributed by atoms with Crippen LogP contribution in [0.2, 0.25) is 0 Å². The molecule has 0 radical (unpaired) electrons. The Kier molecular flexibility index (Phi) is 6.17. The van der Waals surface area contributed by atoms with Gasteiger partial charge in [0.1, 0.15) is 5.75 Å². The average molecular weight is 469 g/mol. The largest absolute Gasteiger partial charge is 0.476 e. The normalized spacial score (nSPS) is 15.6. The van der Waals surface area contributed by atoms with E-state index in [0.29, 0.717) is 17.1 Å². The Hall–Kier alpha value is -2.97. The summed E-state index contributed by atoms with van der Waals surface area (Å²) in [5, 5.41) is 2.89. The van der Waals surface area contributed by atoms with Gasteiger partial charge in [-0.15, -0.1) is 11.8 Å². The fourth-order valence-electron chi connectivity index (χ4n) is 3.52. The van der Waals surface area contributed by atoms with Crippen molar-refractivity contribution in [2.45, 2.75) is 29.7 Å². The highest BCUT2D eigenvalue weighted by Crippen LogP contribution is 2.38. The third-order valence-electron chi connectivity index (χ3n) is 5.25. The van der Waals surface area contributed by atoms with E-state index in [1.807, 2.05) is 50.4 Å². The number of fused-ring (bicyclic) bond motifs is 1. The van der Waals surface area contributed by atoms with Crippen molar-refractivity contribution in [1.29, 1.82) is 0 Å². The van der Waals surface area contributed by atoms with Gasteiger partial charge in [-0.3, -0.25) is 9.10 Å². The first kappa shape index (κ1) is 22.2. The molecule has 0 saturated heterocycles. The van der Waals surface area contributed by atoms with Crippen molar-refractivity contribution in [3.8, 4) is 5.75 Å². The van der Waals surface area contributed by atoms with Crippen LogP contribution in [0.3, 0.4) is 0 Å². The lowest BCUT2D eigenvalue weighted by Crippen LogP contribution is -2.48. The Morgan fingerprint density at radius 1 is 1.03 bits per heavy atom. The monoisotopic (exact) mass is 468 g/mol. The number of sulfonamides is 1. The summed E-state index contributed by atoms with van der Waals surface area (Å²) in [6.07, 6.45) is 0.927. The second kappa shape index (κ2) is 8.88. The number of carbonyl (C=O) groups excluding carboxylic acids is 1. The molecule has 3 aromatic carbocycles. The predicted molar refractivity (Wildman–Crippen MR) is 128 cm³/mol. The molecule has 1 heterocycles. The first-order valence-electron chi connectivity index (χ1n) is 10.1. The molecule has 0 bridgehead atoms. The molecule has 6 nitrogen and oxygen atoms in total. The van der Waals surface area contributed by atoms with E-state index < -0.39 is 22.0 Å². The number of para-hydroxylation sites is 1. The summed E-state index contributed by atoms with van der Waals surface area (Å²) in [4.78, 5) is 14.2. The third-order valence-corrected chi connectivity index (χ3v) is 7.84. The van der Waals surface area contributed by atoms with E-state index in [2.05, 4.69) is 5.32 Å². The van der Waals surface area contributed by atoms with Gasteiger partial charge in [0.2, 0.25) is 0 Å². The fraction of sp³-hybridized carbons (Fsp3) is 0.208. The van der Waals surface area contributed by atoms with Crippen molar-refractivity contribution in [3.63, 3.8) is 0 Å². The first-order valence-corrected chi connectivity index (χ1v) is 12.8. The number of hydrogen-bond acceptors (Lipinski definition) is 5.